The van der Waals surface area contributed by atoms with Gasteiger partial charge in [-0.25, -0.2) is 18.0 Å². The third-order valence-electron chi connectivity index (χ3n) is 4.18. The van der Waals surface area contributed by atoms with Gasteiger partial charge in [-0.05, 0) is 29.8 Å². The van der Waals surface area contributed by atoms with Crippen LogP contribution in [0.3, 0.4) is 0 Å². The van der Waals surface area contributed by atoms with E-state index >= 15 is 0 Å². The highest BCUT2D eigenvalue weighted by Crippen LogP contribution is 2.14. The number of hydrogen-bond acceptors (Lipinski definition) is 4. The van der Waals surface area contributed by atoms with Crippen molar-refractivity contribution in [2.75, 3.05) is 30.9 Å². The van der Waals surface area contributed by atoms with Crippen molar-refractivity contribution in [2.45, 2.75) is 6.54 Å². The molecule has 0 saturated carbocycles. The number of carbonyl (C=O) groups excluding carboxylic acids is 1. The third-order valence-corrected chi connectivity index (χ3v) is 4.59. The SMILES string of the molecule is O=C(c1ccc(NS(=O)O)cn1)N1CCN(Cc2cc(F)cc(F)c2)CC1. The average Bonchev–Trinajstić information content (AvgIpc) is 2.61. The maximum Gasteiger partial charge on any atom is 0.272 e. The smallest absolute Gasteiger partial charge is 0.272 e. The number of benzene rings is 1. The Hall–Kier alpha value is -2.43. The largest absolute Gasteiger partial charge is 0.335 e. The molecule has 0 bridgehead atoms. The molecule has 10 heteroatoms. The lowest BCUT2D eigenvalue weighted by Crippen LogP contribution is -2.48. The molecule has 0 spiro atoms. The van der Waals surface area contributed by atoms with Crippen LogP contribution < -0.4 is 4.72 Å². The summed E-state index contributed by atoms with van der Waals surface area (Å²) in [4.78, 5) is 20.2. The molecule has 2 N–H and O–H groups in total. The number of pyridine rings is 1. The van der Waals surface area contributed by atoms with Crippen LogP contribution >= 0.6 is 0 Å². The van der Waals surface area contributed by atoms with Crippen molar-refractivity contribution < 1.29 is 22.3 Å². The molecule has 0 radical (unpaired) electrons. The zero-order valence-electron chi connectivity index (χ0n) is 14.3. The average molecular weight is 396 g/mol. The Balaban J connectivity index is 1.55. The summed E-state index contributed by atoms with van der Waals surface area (Å²) in [6.07, 6.45) is 1.32. The number of anilines is 1. The van der Waals surface area contributed by atoms with E-state index in [1.165, 1.54) is 30.5 Å². The van der Waals surface area contributed by atoms with E-state index in [1.807, 2.05) is 4.90 Å². The van der Waals surface area contributed by atoms with Crippen molar-refractivity contribution in [2.24, 2.45) is 0 Å². The summed E-state index contributed by atoms with van der Waals surface area (Å²) in [5, 5.41) is 0. The number of hydrogen-bond donors (Lipinski definition) is 2. The van der Waals surface area contributed by atoms with Crippen molar-refractivity contribution >= 4 is 22.9 Å². The minimum absolute atomic E-state index is 0.233. The quantitative estimate of drug-likeness (QED) is 0.754. The van der Waals surface area contributed by atoms with Gasteiger partial charge in [0.2, 0.25) is 0 Å². The van der Waals surface area contributed by atoms with Crippen molar-refractivity contribution in [3.8, 4) is 0 Å². The van der Waals surface area contributed by atoms with E-state index in [2.05, 4.69) is 9.71 Å². The molecule has 1 aliphatic rings. The summed E-state index contributed by atoms with van der Waals surface area (Å²) < 4.78 is 48.3. The van der Waals surface area contributed by atoms with Crippen LogP contribution in [0.25, 0.3) is 0 Å². The Morgan fingerprint density at radius 2 is 1.81 bits per heavy atom. The van der Waals surface area contributed by atoms with Gasteiger partial charge in [0.15, 0.2) is 0 Å². The van der Waals surface area contributed by atoms with Crippen LogP contribution in [0.4, 0.5) is 14.5 Å². The second-order valence-corrected chi connectivity index (χ2v) is 6.83. The number of amides is 1. The molecule has 1 aliphatic heterocycles. The van der Waals surface area contributed by atoms with Gasteiger partial charge in [0.1, 0.15) is 17.3 Å². The Bertz CT molecular complexity index is 822. The monoisotopic (exact) mass is 396 g/mol. The minimum Gasteiger partial charge on any atom is -0.335 e. The topological polar surface area (TPSA) is 85.8 Å². The molecule has 3 rings (SSSR count). The van der Waals surface area contributed by atoms with Crippen molar-refractivity contribution in [3.05, 3.63) is 59.4 Å². The highest BCUT2D eigenvalue weighted by Gasteiger charge is 2.23. The number of rotatable bonds is 5. The lowest BCUT2D eigenvalue weighted by molar-refractivity contribution is 0.0622. The molecular formula is C17H18F2N4O3S. The van der Waals surface area contributed by atoms with Crippen LogP contribution in [-0.2, 0) is 17.8 Å². The van der Waals surface area contributed by atoms with Crippen molar-refractivity contribution in [1.82, 2.24) is 14.8 Å². The van der Waals surface area contributed by atoms with Crippen LogP contribution in [0.2, 0.25) is 0 Å². The Morgan fingerprint density at radius 1 is 1.15 bits per heavy atom. The number of carbonyl (C=O) groups is 1. The van der Waals surface area contributed by atoms with Gasteiger partial charge in [-0.15, -0.1) is 0 Å². The molecule has 1 aromatic carbocycles. The number of nitrogens with one attached hydrogen (secondary N) is 1. The van der Waals surface area contributed by atoms with Gasteiger partial charge >= 0.3 is 0 Å². The van der Waals surface area contributed by atoms with Crippen molar-refractivity contribution in [1.29, 1.82) is 0 Å². The first-order chi connectivity index (χ1) is 12.9. The van der Waals surface area contributed by atoms with Crippen LogP contribution in [0, 0.1) is 11.6 Å². The molecule has 7 nitrogen and oxygen atoms in total. The number of nitrogens with zero attached hydrogens (tertiary/aromatic N) is 3. The predicted molar refractivity (Wildman–Crippen MR) is 96.2 cm³/mol. The normalized spacial score (nSPS) is 16.2. The minimum atomic E-state index is -2.20. The van der Waals surface area contributed by atoms with E-state index in [-0.39, 0.29) is 11.6 Å². The fourth-order valence-corrected chi connectivity index (χ4v) is 3.24. The van der Waals surface area contributed by atoms with Crippen LogP contribution in [0.1, 0.15) is 16.1 Å². The first-order valence-electron chi connectivity index (χ1n) is 8.21. The molecule has 1 unspecified atom stereocenters. The molecule has 1 fully saturated rings. The summed E-state index contributed by atoms with van der Waals surface area (Å²) in [6.45, 7) is 2.51. The molecule has 27 heavy (non-hydrogen) atoms. The lowest BCUT2D eigenvalue weighted by atomic mass is 10.2. The van der Waals surface area contributed by atoms with Gasteiger partial charge in [-0.2, -0.15) is 0 Å². The van der Waals surface area contributed by atoms with E-state index in [4.69, 9.17) is 4.55 Å². The summed E-state index contributed by atoms with van der Waals surface area (Å²) in [7, 11) is 0. The highest BCUT2D eigenvalue weighted by molar-refractivity contribution is 7.80. The fourth-order valence-electron chi connectivity index (χ4n) is 2.91. The standard InChI is InChI=1S/C17H18F2N4O3S/c18-13-7-12(8-14(19)9-13)11-22-3-5-23(6-4-22)17(24)16-2-1-15(10-20-16)21-27(25)26/h1-2,7-10,21H,3-6,11H2,(H,25,26). The second-order valence-electron chi connectivity index (χ2n) is 6.13. The zero-order chi connectivity index (χ0) is 19.4. The Morgan fingerprint density at radius 3 is 2.37 bits per heavy atom. The molecule has 1 aromatic heterocycles. The lowest BCUT2D eigenvalue weighted by Gasteiger charge is -2.34. The predicted octanol–water partition coefficient (Wildman–Crippen LogP) is 1.87. The van der Waals surface area contributed by atoms with Crippen LogP contribution in [0.15, 0.2) is 36.5 Å². The zero-order valence-corrected chi connectivity index (χ0v) is 15.1. The molecule has 1 atom stereocenters. The first kappa shape index (κ1) is 19.3. The van der Waals surface area contributed by atoms with Gasteiger partial charge < -0.3 is 4.90 Å². The van der Waals surface area contributed by atoms with Gasteiger partial charge in [-0.3, -0.25) is 19.0 Å². The number of aromatic nitrogens is 1. The first-order valence-corrected chi connectivity index (χ1v) is 9.31. The fraction of sp³-hybridized carbons (Fsp3) is 0.294. The summed E-state index contributed by atoms with van der Waals surface area (Å²) in [6, 6.07) is 6.44. The summed E-state index contributed by atoms with van der Waals surface area (Å²) in [5.41, 5.74) is 1.13. The van der Waals surface area contributed by atoms with Crippen molar-refractivity contribution in [3.63, 3.8) is 0 Å². The van der Waals surface area contributed by atoms with Gasteiger partial charge in [0.05, 0.1) is 11.9 Å². The van der Waals surface area contributed by atoms with Crippen LogP contribution in [-0.4, -0.2) is 55.6 Å². The second kappa shape index (κ2) is 8.51. The number of halogens is 2. The van der Waals surface area contributed by atoms with E-state index in [0.717, 1.165) is 6.07 Å². The highest BCUT2D eigenvalue weighted by atomic mass is 32.2. The molecular weight excluding hydrogens is 378 g/mol. The third kappa shape index (κ3) is 5.28. The Kier molecular flexibility index (Phi) is 6.09. The molecule has 0 aliphatic carbocycles. The van der Waals surface area contributed by atoms with Crippen LogP contribution in [0.5, 0.6) is 0 Å². The number of piperazine rings is 1. The summed E-state index contributed by atoms with van der Waals surface area (Å²) >= 11 is -2.20. The molecule has 2 aromatic rings. The molecule has 1 amide bonds. The maximum absolute atomic E-state index is 13.3. The van der Waals surface area contributed by atoms with E-state index in [1.54, 1.807) is 4.90 Å². The van der Waals surface area contributed by atoms with Gasteiger partial charge in [0.25, 0.3) is 17.2 Å². The van der Waals surface area contributed by atoms with Gasteiger partial charge in [-0.1, -0.05) is 0 Å². The summed E-state index contributed by atoms with van der Waals surface area (Å²) in [5.74, 6) is -1.44. The molecule has 1 saturated heterocycles. The van der Waals surface area contributed by atoms with E-state index in [9.17, 15) is 17.8 Å². The van der Waals surface area contributed by atoms with E-state index < -0.39 is 22.9 Å². The Labute approximate surface area is 157 Å². The molecule has 2 heterocycles. The maximum atomic E-state index is 13.3. The van der Waals surface area contributed by atoms with Gasteiger partial charge in [0, 0.05) is 38.8 Å². The van der Waals surface area contributed by atoms with E-state index in [0.29, 0.717) is 44.0 Å². The molecule has 144 valence electrons.